The van der Waals surface area contributed by atoms with Crippen LogP contribution in [0.5, 0.6) is 0 Å². The maximum Gasteiger partial charge on any atom is 0.320 e. The van der Waals surface area contributed by atoms with E-state index in [-0.39, 0.29) is 0 Å². The van der Waals surface area contributed by atoms with Crippen molar-refractivity contribution in [1.82, 2.24) is 0 Å². The first-order chi connectivity index (χ1) is 8.53. The molecule has 0 atom stereocenters. The van der Waals surface area contributed by atoms with Crippen LogP contribution in [0.4, 0.5) is 0 Å². The molecule has 0 radical (unpaired) electrons. The summed E-state index contributed by atoms with van der Waals surface area (Å²) in [7, 11) is 0. The first-order valence-corrected chi connectivity index (χ1v) is 7.81. The van der Waals surface area contributed by atoms with Gasteiger partial charge in [-0.1, -0.05) is 19.1 Å². The zero-order valence-corrected chi connectivity index (χ0v) is 12.8. The van der Waals surface area contributed by atoms with Gasteiger partial charge in [-0.2, -0.15) is 0 Å². The van der Waals surface area contributed by atoms with E-state index in [0.29, 0.717) is 5.92 Å². The van der Waals surface area contributed by atoms with Crippen molar-refractivity contribution in [3.05, 3.63) is 28.7 Å². The summed E-state index contributed by atoms with van der Waals surface area (Å²) in [6.45, 7) is 2.20. The van der Waals surface area contributed by atoms with Gasteiger partial charge in [-0.3, -0.25) is 4.79 Å². The summed E-state index contributed by atoms with van der Waals surface area (Å²) in [6, 6.07) is 7.85. The Labute approximate surface area is 120 Å². The highest BCUT2D eigenvalue weighted by atomic mass is 79.9. The molecule has 0 saturated heterocycles. The summed E-state index contributed by atoms with van der Waals surface area (Å²) in [6.07, 6.45) is 3.53. The number of carboxylic acid groups (broad SMARTS) is 1. The minimum Gasteiger partial charge on any atom is -0.480 e. The van der Waals surface area contributed by atoms with Gasteiger partial charge in [-0.05, 0) is 59.7 Å². The predicted octanol–water partition coefficient (Wildman–Crippen LogP) is 4.57. The molecule has 1 aliphatic rings. The third-order valence-electron chi connectivity index (χ3n) is 3.61. The van der Waals surface area contributed by atoms with Gasteiger partial charge < -0.3 is 5.11 Å². The second-order valence-electron chi connectivity index (χ2n) is 5.01. The van der Waals surface area contributed by atoms with Gasteiger partial charge in [0.25, 0.3) is 0 Å². The molecular formula is C14H17BrO2S. The number of halogens is 1. The Bertz CT molecular complexity index is 439. The fourth-order valence-electron chi connectivity index (χ4n) is 2.33. The number of carboxylic acids is 1. The van der Waals surface area contributed by atoms with Gasteiger partial charge in [0.1, 0.15) is 4.75 Å². The molecule has 1 aliphatic carbocycles. The van der Waals surface area contributed by atoms with E-state index in [4.69, 9.17) is 0 Å². The summed E-state index contributed by atoms with van der Waals surface area (Å²) in [4.78, 5) is 12.7. The maximum atomic E-state index is 11.7. The van der Waals surface area contributed by atoms with Crippen LogP contribution in [0.25, 0.3) is 0 Å². The van der Waals surface area contributed by atoms with Gasteiger partial charge in [0.05, 0.1) is 0 Å². The van der Waals surface area contributed by atoms with Crippen molar-refractivity contribution in [3.63, 3.8) is 0 Å². The topological polar surface area (TPSA) is 37.3 Å². The predicted molar refractivity (Wildman–Crippen MR) is 78.0 cm³/mol. The molecule has 1 aromatic carbocycles. The second-order valence-corrected chi connectivity index (χ2v) is 7.29. The largest absolute Gasteiger partial charge is 0.480 e. The average molecular weight is 329 g/mol. The van der Waals surface area contributed by atoms with Crippen LogP contribution in [0.15, 0.2) is 33.6 Å². The molecule has 98 valence electrons. The molecule has 0 heterocycles. The van der Waals surface area contributed by atoms with E-state index in [9.17, 15) is 9.90 Å². The van der Waals surface area contributed by atoms with Gasteiger partial charge in [-0.25, -0.2) is 0 Å². The van der Waals surface area contributed by atoms with Crippen LogP contribution in [0.3, 0.4) is 0 Å². The van der Waals surface area contributed by atoms with E-state index in [1.54, 1.807) is 0 Å². The number of benzene rings is 1. The van der Waals surface area contributed by atoms with Gasteiger partial charge in [0.2, 0.25) is 0 Å². The third kappa shape index (κ3) is 2.91. The zero-order valence-electron chi connectivity index (χ0n) is 10.4. The monoisotopic (exact) mass is 328 g/mol. The summed E-state index contributed by atoms with van der Waals surface area (Å²) in [5, 5.41) is 9.59. The number of hydrogen-bond donors (Lipinski definition) is 1. The SMILES string of the molecule is CC1CCC(Sc2ccccc2Br)(C(=O)O)CC1. The lowest BCUT2D eigenvalue weighted by atomic mass is 9.82. The third-order valence-corrected chi connectivity index (χ3v) is 6.12. The van der Waals surface area contributed by atoms with Crippen molar-refractivity contribution in [2.45, 2.75) is 42.2 Å². The van der Waals surface area contributed by atoms with Crippen LogP contribution >= 0.6 is 27.7 Å². The van der Waals surface area contributed by atoms with Crippen molar-refractivity contribution < 1.29 is 9.90 Å². The molecule has 2 rings (SSSR count). The quantitative estimate of drug-likeness (QED) is 0.882. The molecule has 4 heteroatoms. The van der Waals surface area contributed by atoms with Crippen LogP contribution in [-0.2, 0) is 4.79 Å². The minimum atomic E-state index is -0.671. The Kier molecular flexibility index (Phi) is 4.38. The van der Waals surface area contributed by atoms with E-state index in [1.807, 2.05) is 24.3 Å². The van der Waals surface area contributed by atoms with Crippen molar-refractivity contribution in [3.8, 4) is 0 Å². The molecule has 0 bridgehead atoms. The lowest BCUT2D eigenvalue weighted by molar-refractivity contribution is -0.141. The molecule has 1 N–H and O–H groups in total. The molecule has 1 aromatic rings. The standard InChI is InChI=1S/C14H17BrO2S/c1-10-6-8-14(9-7-10,13(16)17)18-12-5-3-2-4-11(12)15/h2-5,10H,6-9H2,1H3,(H,16,17). The van der Waals surface area contributed by atoms with E-state index in [2.05, 4.69) is 22.9 Å². The molecule has 0 amide bonds. The minimum absolute atomic E-state index is 0.642. The van der Waals surface area contributed by atoms with Gasteiger partial charge >= 0.3 is 5.97 Å². The van der Waals surface area contributed by atoms with Gasteiger partial charge in [0, 0.05) is 9.37 Å². The Balaban J connectivity index is 2.22. The molecule has 2 nitrogen and oxygen atoms in total. The zero-order chi connectivity index (χ0) is 13.2. The van der Waals surface area contributed by atoms with Crippen LogP contribution < -0.4 is 0 Å². The van der Waals surface area contributed by atoms with Crippen molar-refractivity contribution in [1.29, 1.82) is 0 Å². The maximum absolute atomic E-state index is 11.7. The van der Waals surface area contributed by atoms with Crippen LogP contribution in [0.2, 0.25) is 0 Å². The number of rotatable bonds is 3. The first-order valence-electron chi connectivity index (χ1n) is 6.20. The van der Waals surface area contributed by atoms with Crippen molar-refractivity contribution in [2.24, 2.45) is 5.92 Å². The summed E-state index contributed by atoms with van der Waals surface area (Å²) in [5.41, 5.74) is 0. The number of aliphatic carboxylic acids is 1. The molecule has 0 unspecified atom stereocenters. The highest BCUT2D eigenvalue weighted by Crippen LogP contribution is 2.47. The lowest BCUT2D eigenvalue weighted by Crippen LogP contribution is -2.38. The summed E-state index contributed by atoms with van der Waals surface area (Å²) < 4.78 is 0.338. The molecular weight excluding hydrogens is 312 g/mol. The Morgan fingerprint density at radius 3 is 2.56 bits per heavy atom. The molecule has 1 saturated carbocycles. The fourth-order valence-corrected chi connectivity index (χ4v) is 4.11. The van der Waals surface area contributed by atoms with Crippen LogP contribution in [0.1, 0.15) is 32.6 Å². The molecule has 18 heavy (non-hydrogen) atoms. The second kappa shape index (κ2) is 5.66. The highest BCUT2D eigenvalue weighted by Gasteiger charge is 2.42. The highest BCUT2D eigenvalue weighted by molar-refractivity contribution is 9.10. The number of thioether (sulfide) groups is 1. The summed E-state index contributed by atoms with van der Waals surface area (Å²) >= 11 is 5.00. The molecule has 1 fully saturated rings. The fraction of sp³-hybridized carbons (Fsp3) is 0.500. The van der Waals surface area contributed by atoms with E-state index < -0.39 is 10.7 Å². The van der Waals surface area contributed by atoms with Crippen LogP contribution in [0, 0.1) is 5.92 Å². The summed E-state index contributed by atoms with van der Waals surface area (Å²) in [5.74, 6) is -0.0209. The average Bonchev–Trinajstić information content (AvgIpc) is 2.35. The first kappa shape index (κ1) is 13.9. The number of carbonyl (C=O) groups is 1. The van der Waals surface area contributed by atoms with Crippen LogP contribution in [-0.4, -0.2) is 15.8 Å². The normalized spacial score (nSPS) is 28.0. The van der Waals surface area contributed by atoms with Gasteiger partial charge in [0.15, 0.2) is 0 Å². The van der Waals surface area contributed by atoms with E-state index >= 15 is 0 Å². The molecule has 0 aromatic heterocycles. The number of hydrogen-bond acceptors (Lipinski definition) is 2. The Morgan fingerprint density at radius 2 is 2.00 bits per heavy atom. The van der Waals surface area contributed by atoms with Crippen molar-refractivity contribution >= 4 is 33.7 Å². The van der Waals surface area contributed by atoms with Crippen molar-refractivity contribution in [2.75, 3.05) is 0 Å². The van der Waals surface area contributed by atoms with E-state index in [1.165, 1.54) is 11.8 Å². The van der Waals surface area contributed by atoms with E-state index in [0.717, 1.165) is 35.1 Å². The molecule has 0 spiro atoms. The van der Waals surface area contributed by atoms with Gasteiger partial charge in [-0.15, -0.1) is 11.8 Å². The Hall–Kier alpha value is -0.480. The smallest absolute Gasteiger partial charge is 0.320 e. The lowest BCUT2D eigenvalue weighted by Gasteiger charge is -2.35. The Morgan fingerprint density at radius 1 is 1.39 bits per heavy atom. The molecule has 0 aliphatic heterocycles.